The Bertz CT molecular complexity index is 849. The summed E-state index contributed by atoms with van der Waals surface area (Å²) in [4.78, 5) is 32.3. The van der Waals surface area contributed by atoms with Gasteiger partial charge in [-0.25, -0.2) is 18.5 Å². The Hall–Kier alpha value is -2.68. The lowest BCUT2D eigenvalue weighted by molar-refractivity contribution is -0.597. The highest BCUT2D eigenvalue weighted by atomic mass is 32.2. The van der Waals surface area contributed by atoms with Crippen LogP contribution in [0.25, 0.3) is 0 Å². The van der Waals surface area contributed by atoms with Gasteiger partial charge in [0.25, 0.3) is 0 Å². The predicted molar refractivity (Wildman–Crippen MR) is 88.9 cm³/mol. The van der Waals surface area contributed by atoms with E-state index in [-0.39, 0.29) is 31.6 Å². The van der Waals surface area contributed by atoms with E-state index < -0.39 is 37.1 Å². The Morgan fingerprint density at radius 3 is 2.50 bits per heavy atom. The highest BCUT2D eigenvalue weighted by molar-refractivity contribution is 7.89. The molecule has 0 spiro atoms. The molecule has 0 saturated heterocycles. The van der Waals surface area contributed by atoms with E-state index in [2.05, 4.69) is 20.1 Å². The van der Waals surface area contributed by atoms with E-state index in [0.717, 1.165) is 6.21 Å². The molecule has 26 heavy (non-hydrogen) atoms. The van der Waals surface area contributed by atoms with Crippen LogP contribution in [0, 0.1) is 20.2 Å². The fourth-order valence-electron chi connectivity index (χ4n) is 2.36. The maximum absolute atomic E-state index is 11.3. The average molecular weight is 389 g/mol. The van der Waals surface area contributed by atoms with Crippen molar-refractivity contribution < 1.29 is 23.0 Å². The van der Waals surface area contributed by atoms with Gasteiger partial charge < -0.3 is 10.1 Å². The van der Waals surface area contributed by atoms with E-state index in [4.69, 9.17) is 5.14 Å². The van der Waals surface area contributed by atoms with Crippen LogP contribution in [0.2, 0.25) is 0 Å². The number of nitrogens with zero attached hydrogens (tertiary/aromatic N) is 7. The van der Waals surface area contributed by atoms with Crippen molar-refractivity contribution in [3.8, 4) is 0 Å². The topological polar surface area (TPSA) is 199 Å². The van der Waals surface area contributed by atoms with Crippen molar-refractivity contribution in [2.24, 2.45) is 25.2 Å². The Labute approximate surface area is 147 Å². The standard InChI is InChI=1S/C11H17N8O6S/c1-10(13-7-9(15-10)18(20)21)4-5-17-8-14-11(16-17,19(22)23)3-2-6-26(12,24)25/h7-8H,2-6H2,1H3,(H2,12,24,25)/q+1. The first-order chi connectivity index (χ1) is 11.9. The molecule has 15 heteroatoms. The summed E-state index contributed by atoms with van der Waals surface area (Å²) in [6.07, 6.45) is 2.13. The summed E-state index contributed by atoms with van der Waals surface area (Å²) >= 11 is 0. The second kappa shape index (κ2) is 6.91. The third kappa shape index (κ3) is 4.69. The molecule has 2 rings (SSSR count). The summed E-state index contributed by atoms with van der Waals surface area (Å²) in [7, 11) is -3.74. The molecule has 2 atom stereocenters. The molecule has 2 aliphatic heterocycles. The number of nitrogens with two attached hydrogens (primary N) is 1. The van der Waals surface area contributed by atoms with Crippen LogP contribution in [-0.4, -0.2) is 65.1 Å². The first-order valence-corrected chi connectivity index (χ1v) is 9.16. The number of aliphatic imine (C=N–C) groups is 3. The van der Waals surface area contributed by atoms with Crippen molar-refractivity contribution in [1.82, 2.24) is 0 Å². The first-order valence-electron chi connectivity index (χ1n) is 7.44. The van der Waals surface area contributed by atoms with Gasteiger partial charge in [0.05, 0.1) is 18.6 Å². The van der Waals surface area contributed by atoms with E-state index >= 15 is 0 Å². The quantitative estimate of drug-likeness (QED) is 0.325. The molecule has 0 amide bonds. The second-order valence-electron chi connectivity index (χ2n) is 5.96. The highest BCUT2D eigenvalue weighted by Gasteiger charge is 2.54. The van der Waals surface area contributed by atoms with Crippen molar-refractivity contribution in [3.63, 3.8) is 0 Å². The molecule has 0 aromatic rings. The largest absolute Gasteiger partial charge is 0.524 e. The van der Waals surface area contributed by atoms with Crippen LogP contribution in [0.4, 0.5) is 0 Å². The van der Waals surface area contributed by atoms with Gasteiger partial charge in [0, 0.05) is 17.0 Å². The second-order valence-corrected chi connectivity index (χ2v) is 7.70. The van der Waals surface area contributed by atoms with Crippen LogP contribution < -0.4 is 5.14 Å². The van der Waals surface area contributed by atoms with Crippen molar-refractivity contribution >= 4 is 28.4 Å². The van der Waals surface area contributed by atoms with Gasteiger partial charge in [-0.3, -0.25) is 10.1 Å². The Kier molecular flexibility index (Phi) is 5.22. The zero-order valence-corrected chi connectivity index (χ0v) is 14.6. The van der Waals surface area contributed by atoms with Gasteiger partial charge in [-0.05, 0) is 16.3 Å². The average Bonchev–Trinajstić information content (AvgIpc) is 3.10. The minimum Gasteiger partial charge on any atom is -0.358 e. The number of hydrogen-bond donors (Lipinski definition) is 1. The molecule has 0 bridgehead atoms. The molecule has 0 radical (unpaired) electrons. The highest BCUT2D eigenvalue weighted by Crippen LogP contribution is 2.26. The van der Waals surface area contributed by atoms with Crippen LogP contribution in [-0.2, 0) is 10.0 Å². The van der Waals surface area contributed by atoms with Gasteiger partial charge in [-0.1, -0.05) is 0 Å². The van der Waals surface area contributed by atoms with Gasteiger partial charge in [0.1, 0.15) is 17.7 Å². The maximum atomic E-state index is 11.3. The first kappa shape index (κ1) is 19.6. The van der Waals surface area contributed by atoms with Crippen molar-refractivity contribution in [2.75, 3.05) is 12.3 Å². The lowest BCUT2D eigenvalue weighted by atomic mass is 10.1. The smallest absolute Gasteiger partial charge is 0.358 e. The molecule has 0 saturated carbocycles. The fourth-order valence-corrected chi connectivity index (χ4v) is 2.91. The molecule has 2 heterocycles. The van der Waals surface area contributed by atoms with Gasteiger partial charge in [0.15, 0.2) is 0 Å². The molecule has 0 fully saturated rings. The van der Waals surface area contributed by atoms with E-state index in [0.29, 0.717) is 0 Å². The van der Waals surface area contributed by atoms with Gasteiger partial charge in [-0.2, -0.15) is 0 Å². The Balaban J connectivity index is 2.03. The number of primary sulfonamides is 1. The van der Waals surface area contributed by atoms with Crippen LogP contribution in [0.15, 0.2) is 20.1 Å². The van der Waals surface area contributed by atoms with Crippen molar-refractivity contribution in [3.05, 3.63) is 20.2 Å². The summed E-state index contributed by atoms with van der Waals surface area (Å²) in [5.41, 5.74) is -1.06. The molecular formula is C11H17N8O6S+. The maximum Gasteiger partial charge on any atom is 0.524 e. The molecular weight excluding hydrogens is 372 g/mol. The number of hydrogen-bond acceptors (Lipinski definition) is 10. The van der Waals surface area contributed by atoms with Crippen LogP contribution >= 0.6 is 0 Å². The normalized spacial score (nSPS) is 27.5. The number of rotatable bonds is 8. The number of amidine groups is 1. The van der Waals surface area contributed by atoms with Gasteiger partial charge >= 0.3 is 18.0 Å². The molecule has 2 unspecified atom stereocenters. The molecule has 14 nitrogen and oxygen atoms in total. The van der Waals surface area contributed by atoms with E-state index in [1.807, 2.05) is 0 Å². The molecule has 142 valence electrons. The minimum atomic E-state index is -3.74. The van der Waals surface area contributed by atoms with Crippen molar-refractivity contribution in [1.29, 1.82) is 0 Å². The van der Waals surface area contributed by atoms with Gasteiger partial charge in [0.2, 0.25) is 15.7 Å². The Morgan fingerprint density at radius 2 is 1.96 bits per heavy atom. The molecule has 0 aromatic carbocycles. The molecule has 2 N–H and O–H groups in total. The number of azo groups is 2. The zero-order valence-electron chi connectivity index (χ0n) is 13.8. The van der Waals surface area contributed by atoms with E-state index in [9.17, 15) is 28.6 Å². The summed E-state index contributed by atoms with van der Waals surface area (Å²) < 4.78 is 23.1. The number of nitro groups is 2. The monoisotopic (exact) mass is 389 g/mol. The van der Waals surface area contributed by atoms with E-state index in [1.165, 1.54) is 11.0 Å². The van der Waals surface area contributed by atoms with Crippen LogP contribution in [0.5, 0.6) is 0 Å². The molecule has 0 aromatic heterocycles. The molecule has 2 aliphatic rings. The third-order valence-electron chi connectivity index (χ3n) is 3.73. The SMILES string of the molecule is CC1(CC[N+]2=NC(CCCS(N)(=O)=O)([N+](=O)[O-])N=C2)N=CC([N+](=O)[O-])=N1. The third-order valence-corrected chi connectivity index (χ3v) is 4.59. The predicted octanol–water partition coefficient (Wildman–Crippen LogP) is -0.642. The Morgan fingerprint density at radius 1 is 1.27 bits per heavy atom. The fraction of sp³-hybridized carbons (Fsp3) is 0.727. The summed E-state index contributed by atoms with van der Waals surface area (Å²) in [5.74, 6) is -2.78. The molecule has 0 aliphatic carbocycles. The summed E-state index contributed by atoms with van der Waals surface area (Å²) in [5, 5.41) is 30.8. The van der Waals surface area contributed by atoms with Crippen LogP contribution in [0.1, 0.15) is 26.2 Å². The summed E-state index contributed by atoms with van der Waals surface area (Å²) in [6, 6.07) is 0. The minimum absolute atomic E-state index is 0.0764. The van der Waals surface area contributed by atoms with Crippen molar-refractivity contribution in [2.45, 2.75) is 37.6 Å². The lowest BCUT2D eigenvalue weighted by Crippen LogP contribution is -2.34. The lowest BCUT2D eigenvalue weighted by Gasteiger charge is -2.09. The number of sulfonamides is 1. The summed E-state index contributed by atoms with van der Waals surface area (Å²) in [6.45, 7) is 1.72. The van der Waals surface area contributed by atoms with Crippen LogP contribution in [0.3, 0.4) is 0 Å². The van der Waals surface area contributed by atoms with Gasteiger partial charge in [-0.15, -0.1) is 4.70 Å². The van der Waals surface area contributed by atoms with E-state index in [1.54, 1.807) is 6.92 Å². The zero-order chi connectivity index (χ0) is 19.6.